The van der Waals surface area contributed by atoms with Crippen LogP contribution >= 0.6 is 34.4 Å². The Bertz CT molecular complexity index is 1200. The first-order valence-corrected chi connectivity index (χ1v) is 13.4. The second kappa shape index (κ2) is 10.2. The first-order chi connectivity index (χ1) is 16.2. The molecule has 7 nitrogen and oxygen atoms in total. The minimum atomic E-state index is -0.363. The summed E-state index contributed by atoms with van der Waals surface area (Å²) in [6.07, 6.45) is 2.24. The summed E-state index contributed by atoms with van der Waals surface area (Å²) in [5.74, 6) is 0.710. The van der Waals surface area contributed by atoms with Crippen molar-refractivity contribution >= 4 is 45.5 Å². The Kier molecular flexibility index (Phi) is 6.86. The average Bonchev–Trinajstić information content (AvgIpc) is 3.64. The SMILES string of the molecule is CC(Sc1nnc(-c2cccs2)n1CC1CCCO1)C(=O)Nc1nc(-c2ccccc2)cs1. The molecule has 3 aromatic heterocycles. The van der Waals surface area contributed by atoms with Crippen molar-refractivity contribution in [1.29, 1.82) is 0 Å². The normalized spacial score (nSPS) is 16.7. The van der Waals surface area contributed by atoms with Gasteiger partial charge in [-0.3, -0.25) is 9.36 Å². The van der Waals surface area contributed by atoms with E-state index in [0.29, 0.717) is 11.7 Å². The highest BCUT2D eigenvalue weighted by molar-refractivity contribution is 8.00. The number of nitrogens with one attached hydrogen (secondary N) is 1. The van der Waals surface area contributed by atoms with Gasteiger partial charge in [-0.1, -0.05) is 48.2 Å². The molecule has 1 aliphatic heterocycles. The first kappa shape index (κ1) is 22.3. The number of thioether (sulfide) groups is 1. The van der Waals surface area contributed by atoms with Crippen LogP contribution in [0.2, 0.25) is 0 Å². The van der Waals surface area contributed by atoms with E-state index in [-0.39, 0.29) is 17.3 Å². The fourth-order valence-corrected chi connectivity index (χ4v) is 5.91. The maximum absolute atomic E-state index is 12.9. The lowest BCUT2D eigenvalue weighted by atomic mass is 10.2. The predicted molar refractivity (Wildman–Crippen MR) is 134 cm³/mol. The highest BCUT2D eigenvalue weighted by atomic mass is 32.2. The van der Waals surface area contributed by atoms with Crippen LogP contribution in [0.15, 0.2) is 58.4 Å². The van der Waals surface area contributed by atoms with Crippen molar-refractivity contribution in [3.8, 4) is 22.0 Å². The fourth-order valence-electron chi connectivity index (χ4n) is 3.61. The molecule has 170 valence electrons. The van der Waals surface area contributed by atoms with Gasteiger partial charge in [0.25, 0.3) is 0 Å². The van der Waals surface area contributed by atoms with E-state index in [1.165, 1.54) is 23.1 Å². The van der Waals surface area contributed by atoms with Crippen LogP contribution in [0.25, 0.3) is 22.0 Å². The van der Waals surface area contributed by atoms with E-state index in [9.17, 15) is 4.79 Å². The van der Waals surface area contributed by atoms with Gasteiger partial charge in [-0.25, -0.2) is 4.98 Å². The zero-order valence-electron chi connectivity index (χ0n) is 18.0. The number of benzene rings is 1. The Hall–Kier alpha value is -2.53. The summed E-state index contributed by atoms with van der Waals surface area (Å²) < 4.78 is 7.95. The van der Waals surface area contributed by atoms with E-state index in [0.717, 1.165) is 46.6 Å². The molecule has 0 saturated carbocycles. The third-order valence-electron chi connectivity index (χ3n) is 5.32. The van der Waals surface area contributed by atoms with E-state index in [1.54, 1.807) is 11.3 Å². The summed E-state index contributed by atoms with van der Waals surface area (Å²) in [5, 5.41) is 16.7. The van der Waals surface area contributed by atoms with Crippen LogP contribution in [0, 0.1) is 0 Å². The molecule has 4 heterocycles. The van der Waals surface area contributed by atoms with E-state index in [1.807, 2.05) is 60.1 Å². The lowest BCUT2D eigenvalue weighted by molar-refractivity contribution is -0.115. The number of hydrogen-bond acceptors (Lipinski definition) is 8. The molecule has 0 aliphatic carbocycles. The van der Waals surface area contributed by atoms with Crippen molar-refractivity contribution in [2.45, 2.75) is 42.8 Å². The van der Waals surface area contributed by atoms with Crippen LogP contribution in [0.4, 0.5) is 5.13 Å². The maximum Gasteiger partial charge on any atom is 0.239 e. The molecule has 1 aliphatic rings. The third kappa shape index (κ3) is 5.19. The molecule has 2 unspecified atom stereocenters. The van der Waals surface area contributed by atoms with Crippen molar-refractivity contribution in [3.05, 3.63) is 53.2 Å². The Morgan fingerprint density at radius 3 is 2.88 bits per heavy atom. The molecule has 10 heteroatoms. The molecule has 1 amide bonds. The quantitative estimate of drug-likeness (QED) is 0.327. The summed E-state index contributed by atoms with van der Waals surface area (Å²) in [7, 11) is 0. The highest BCUT2D eigenvalue weighted by Gasteiger charge is 2.25. The van der Waals surface area contributed by atoms with Crippen LogP contribution in [-0.2, 0) is 16.1 Å². The molecule has 0 spiro atoms. The van der Waals surface area contributed by atoms with Crippen molar-refractivity contribution in [2.24, 2.45) is 0 Å². The largest absolute Gasteiger partial charge is 0.376 e. The van der Waals surface area contributed by atoms with Crippen LogP contribution in [-0.4, -0.2) is 43.6 Å². The van der Waals surface area contributed by atoms with Crippen molar-refractivity contribution in [2.75, 3.05) is 11.9 Å². The van der Waals surface area contributed by atoms with Crippen LogP contribution < -0.4 is 5.32 Å². The van der Waals surface area contributed by atoms with Crippen molar-refractivity contribution in [3.63, 3.8) is 0 Å². The minimum Gasteiger partial charge on any atom is -0.376 e. The summed E-state index contributed by atoms with van der Waals surface area (Å²) in [6.45, 7) is 3.35. The van der Waals surface area contributed by atoms with Crippen LogP contribution in [0.1, 0.15) is 19.8 Å². The topological polar surface area (TPSA) is 81.9 Å². The zero-order chi connectivity index (χ0) is 22.6. The van der Waals surface area contributed by atoms with Gasteiger partial charge in [-0.2, -0.15) is 0 Å². The van der Waals surface area contributed by atoms with Crippen LogP contribution in [0.5, 0.6) is 0 Å². The molecular weight excluding hydrogens is 474 g/mol. The molecule has 33 heavy (non-hydrogen) atoms. The Labute approximate surface area is 204 Å². The second-order valence-corrected chi connectivity index (χ2v) is 10.8. The number of carbonyl (C=O) groups excluding carboxylic acids is 1. The highest BCUT2D eigenvalue weighted by Crippen LogP contribution is 2.31. The number of ether oxygens (including phenoxy) is 1. The van der Waals surface area contributed by atoms with Crippen molar-refractivity contribution < 1.29 is 9.53 Å². The van der Waals surface area contributed by atoms with Gasteiger partial charge in [0.1, 0.15) is 0 Å². The van der Waals surface area contributed by atoms with Crippen LogP contribution in [0.3, 0.4) is 0 Å². The molecule has 1 saturated heterocycles. The molecule has 1 fully saturated rings. The van der Waals surface area contributed by atoms with Gasteiger partial charge in [0.05, 0.1) is 28.5 Å². The van der Waals surface area contributed by atoms with Gasteiger partial charge in [-0.15, -0.1) is 32.9 Å². The summed E-state index contributed by atoms with van der Waals surface area (Å²) in [4.78, 5) is 18.5. The summed E-state index contributed by atoms with van der Waals surface area (Å²) in [5.41, 5.74) is 1.88. The fraction of sp³-hybridized carbons (Fsp3) is 0.304. The monoisotopic (exact) mass is 497 g/mol. The van der Waals surface area contributed by atoms with Gasteiger partial charge in [0.15, 0.2) is 16.1 Å². The molecule has 1 N–H and O–H groups in total. The first-order valence-electron chi connectivity index (χ1n) is 10.7. The number of amides is 1. The van der Waals surface area contributed by atoms with Gasteiger partial charge in [0.2, 0.25) is 5.91 Å². The van der Waals surface area contributed by atoms with Gasteiger partial charge >= 0.3 is 0 Å². The van der Waals surface area contributed by atoms with Gasteiger partial charge in [0, 0.05) is 17.6 Å². The minimum absolute atomic E-state index is 0.113. The molecule has 5 rings (SSSR count). The average molecular weight is 498 g/mol. The lowest BCUT2D eigenvalue weighted by Gasteiger charge is -2.15. The Morgan fingerprint density at radius 1 is 1.24 bits per heavy atom. The van der Waals surface area contributed by atoms with E-state index >= 15 is 0 Å². The Balaban J connectivity index is 1.29. The zero-order valence-corrected chi connectivity index (χ0v) is 20.5. The number of nitrogens with zero attached hydrogens (tertiary/aromatic N) is 4. The number of thiophene rings is 1. The third-order valence-corrected chi connectivity index (χ3v) is 8.03. The number of thiazole rings is 1. The number of aromatic nitrogens is 4. The molecular formula is C23H23N5O2S3. The van der Waals surface area contributed by atoms with E-state index < -0.39 is 0 Å². The molecule has 2 atom stereocenters. The lowest BCUT2D eigenvalue weighted by Crippen LogP contribution is -2.23. The number of rotatable bonds is 8. The van der Waals surface area contributed by atoms with Crippen molar-refractivity contribution in [1.82, 2.24) is 19.7 Å². The number of anilines is 1. The molecule has 1 aromatic carbocycles. The number of carbonyl (C=O) groups is 1. The van der Waals surface area contributed by atoms with E-state index in [4.69, 9.17) is 4.74 Å². The van der Waals surface area contributed by atoms with Gasteiger partial charge < -0.3 is 10.1 Å². The molecule has 4 aromatic rings. The van der Waals surface area contributed by atoms with Gasteiger partial charge in [-0.05, 0) is 31.2 Å². The molecule has 0 bridgehead atoms. The molecule has 0 radical (unpaired) electrons. The summed E-state index contributed by atoms with van der Waals surface area (Å²) >= 11 is 4.46. The smallest absolute Gasteiger partial charge is 0.239 e. The predicted octanol–water partition coefficient (Wildman–Crippen LogP) is 5.43. The number of hydrogen-bond donors (Lipinski definition) is 1. The van der Waals surface area contributed by atoms with E-state index in [2.05, 4.69) is 25.1 Å². The maximum atomic E-state index is 12.9. The second-order valence-electron chi connectivity index (χ2n) is 7.68. The Morgan fingerprint density at radius 2 is 2.12 bits per heavy atom. The summed E-state index contributed by atoms with van der Waals surface area (Å²) in [6, 6.07) is 14.0. The standard InChI is InChI=1S/C23H23N5O2S3/c1-15(21(29)25-22-24-18(14-32-22)16-7-3-2-4-8-16)33-23-27-26-20(19-10-6-12-31-19)28(23)13-17-9-5-11-30-17/h2-4,6-8,10,12,14-15,17H,5,9,11,13H2,1H3,(H,24,25,29).